The zero-order valence-electron chi connectivity index (χ0n) is 15.9. The van der Waals surface area contributed by atoms with E-state index in [-0.39, 0.29) is 30.3 Å². The molecule has 3 heterocycles. The van der Waals surface area contributed by atoms with Gasteiger partial charge in [0.2, 0.25) is 11.8 Å². The van der Waals surface area contributed by atoms with Crippen LogP contribution < -0.4 is 4.90 Å². The van der Waals surface area contributed by atoms with E-state index in [1.165, 1.54) is 0 Å². The van der Waals surface area contributed by atoms with Gasteiger partial charge in [0.05, 0.1) is 12.0 Å². The molecule has 146 valence electrons. The van der Waals surface area contributed by atoms with E-state index in [1.807, 2.05) is 47.4 Å². The zero-order valence-corrected chi connectivity index (χ0v) is 15.9. The first-order chi connectivity index (χ1) is 13.7. The third kappa shape index (κ3) is 4.22. The first-order valence-electron chi connectivity index (χ1n) is 9.85. The molecule has 0 bridgehead atoms. The molecular weight excluding hydrogens is 354 g/mol. The predicted molar refractivity (Wildman–Crippen MR) is 106 cm³/mol. The second kappa shape index (κ2) is 8.52. The van der Waals surface area contributed by atoms with Gasteiger partial charge in [-0.25, -0.2) is 0 Å². The normalized spacial score (nSPS) is 21.9. The summed E-state index contributed by atoms with van der Waals surface area (Å²) >= 11 is 0. The van der Waals surface area contributed by atoms with Gasteiger partial charge in [-0.2, -0.15) is 0 Å². The summed E-state index contributed by atoms with van der Waals surface area (Å²) in [6, 6.07) is 13.4. The van der Waals surface area contributed by atoms with Gasteiger partial charge in [0, 0.05) is 50.7 Å². The summed E-state index contributed by atoms with van der Waals surface area (Å²) in [7, 11) is 0. The number of pyridine rings is 1. The molecule has 1 aromatic carbocycles. The number of anilines is 1. The van der Waals surface area contributed by atoms with Gasteiger partial charge < -0.3 is 14.5 Å². The van der Waals surface area contributed by atoms with Crippen molar-refractivity contribution in [2.75, 3.05) is 24.6 Å². The number of hydrogen-bond donors (Lipinski definition) is 0. The zero-order chi connectivity index (χ0) is 19.3. The van der Waals surface area contributed by atoms with Crippen LogP contribution in [-0.2, 0) is 20.9 Å². The van der Waals surface area contributed by atoms with Crippen molar-refractivity contribution in [3.05, 3.63) is 60.4 Å². The van der Waals surface area contributed by atoms with Crippen LogP contribution in [0.15, 0.2) is 54.9 Å². The van der Waals surface area contributed by atoms with Gasteiger partial charge in [-0.1, -0.05) is 24.3 Å². The number of aromatic nitrogens is 1. The average molecular weight is 379 g/mol. The fourth-order valence-electron chi connectivity index (χ4n) is 3.97. The molecule has 2 aliphatic heterocycles. The van der Waals surface area contributed by atoms with E-state index in [2.05, 4.69) is 4.98 Å². The molecule has 6 nitrogen and oxygen atoms in total. The number of carbonyl (C=O) groups excluding carboxylic acids is 2. The Morgan fingerprint density at radius 1 is 1.21 bits per heavy atom. The van der Waals surface area contributed by atoms with E-state index in [1.54, 1.807) is 17.3 Å². The predicted octanol–water partition coefficient (Wildman–Crippen LogP) is 2.64. The number of ether oxygens (including phenoxy) is 1. The highest BCUT2D eigenvalue weighted by atomic mass is 16.5. The van der Waals surface area contributed by atoms with Gasteiger partial charge in [-0.3, -0.25) is 14.6 Å². The van der Waals surface area contributed by atoms with Gasteiger partial charge in [-0.15, -0.1) is 0 Å². The van der Waals surface area contributed by atoms with E-state index in [0.717, 1.165) is 30.7 Å². The van der Waals surface area contributed by atoms with E-state index in [9.17, 15) is 9.59 Å². The third-order valence-corrected chi connectivity index (χ3v) is 5.40. The number of benzene rings is 1. The lowest BCUT2D eigenvalue weighted by molar-refractivity contribution is -0.138. The molecule has 2 amide bonds. The van der Waals surface area contributed by atoms with Gasteiger partial charge in [0.1, 0.15) is 0 Å². The number of nitrogens with zero attached hydrogens (tertiary/aromatic N) is 3. The van der Waals surface area contributed by atoms with Crippen molar-refractivity contribution in [2.45, 2.75) is 31.9 Å². The first-order valence-corrected chi connectivity index (χ1v) is 9.85. The van der Waals surface area contributed by atoms with Crippen molar-refractivity contribution in [1.29, 1.82) is 0 Å². The lowest BCUT2D eigenvalue weighted by Gasteiger charge is -2.28. The molecule has 2 aliphatic rings. The number of carbonyl (C=O) groups is 2. The molecule has 0 radical (unpaired) electrons. The highest BCUT2D eigenvalue weighted by molar-refractivity contribution is 6.00. The van der Waals surface area contributed by atoms with Crippen molar-refractivity contribution >= 4 is 17.5 Å². The fraction of sp³-hybridized carbons (Fsp3) is 0.409. The minimum atomic E-state index is -0.328. The number of amides is 2. The summed E-state index contributed by atoms with van der Waals surface area (Å²) in [4.78, 5) is 33.6. The lowest BCUT2D eigenvalue weighted by Crippen LogP contribution is -2.41. The topological polar surface area (TPSA) is 62.7 Å². The Bertz CT molecular complexity index is 806. The quantitative estimate of drug-likeness (QED) is 0.774. The summed E-state index contributed by atoms with van der Waals surface area (Å²) in [5.41, 5.74) is 1.83. The third-order valence-electron chi connectivity index (χ3n) is 5.40. The van der Waals surface area contributed by atoms with Gasteiger partial charge in [0.15, 0.2) is 0 Å². The monoisotopic (exact) mass is 379 g/mol. The first kappa shape index (κ1) is 18.6. The maximum Gasteiger partial charge on any atom is 0.228 e. The molecule has 6 heteroatoms. The van der Waals surface area contributed by atoms with Crippen LogP contribution >= 0.6 is 0 Å². The molecule has 0 aliphatic carbocycles. The second-order valence-electron chi connectivity index (χ2n) is 7.46. The molecule has 1 aromatic heterocycles. The summed E-state index contributed by atoms with van der Waals surface area (Å²) in [5.74, 6) is -0.306. The van der Waals surface area contributed by atoms with Crippen LogP contribution in [0, 0.1) is 5.92 Å². The number of hydrogen-bond acceptors (Lipinski definition) is 4. The van der Waals surface area contributed by atoms with Gasteiger partial charge in [-0.05, 0) is 36.6 Å². The lowest BCUT2D eigenvalue weighted by atomic mass is 10.1. The van der Waals surface area contributed by atoms with Crippen molar-refractivity contribution in [2.24, 2.45) is 5.92 Å². The van der Waals surface area contributed by atoms with Crippen LogP contribution in [0.5, 0.6) is 0 Å². The Hall–Kier alpha value is -2.73. The van der Waals surface area contributed by atoms with E-state index in [4.69, 9.17) is 4.74 Å². The second-order valence-corrected chi connectivity index (χ2v) is 7.46. The molecule has 0 saturated carbocycles. The molecule has 2 atom stereocenters. The fourth-order valence-corrected chi connectivity index (χ4v) is 3.97. The highest BCUT2D eigenvalue weighted by Gasteiger charge is 2.38. The van der Waals surface area contributed by atoms with Crippen molar-refractivity contribution < 1.29 is 14.3 Å². The molecule has 2 fully saturated rings. The largest absolute Gasteiger partial charge is 0.376 e. The summed E-state index contributed by atoms with van der Waals surface area (Å²) in [6.07, 6.45) is 5.83. The average Bonchev–Trinajstić information content (AvgIpc) is 3.38. The maximum absolute atomic E-state index is 13.3. The van der Waals surface area contributed by atoms with Crippen LogP contribution in [-0.4, -0.2) is 47.5 Å². The Morgan fingerprint density at radius 2 is 2.07 bits per heavy atom. The van der Waals surface area contributed by atoms with Gasteiger partial charge >= 0.3 is 0 Å². The number of para-hydroxylation sites is 1. The summed E-state index contributed by atoms with van der Waals surface area (Å²) in [6.45, 7) is 2.23. The van der Waals surface area contributed by atoms with E-state index in [0.29, 0.717) is 19.6 Å². The minimum Gasteiger partial charge on any atom is -0.376 e. The van der Waals surface area contributed by atoms with Crippen molar-refractivity contribution in [3.63, 3.8) is 0 Å². The minimum absolute atomic E-state index is 0.00277. The van der Waals surface area contributed by atoms with Crippen LogP contribution in [0.3, 0.4) is 0 Å². The molecular formula is C22H25N3O3. The Morgan fingerprint density at radius 3 is 2.79 bits per heavy atom. The SMILES string of the molecule is O=C(C1CC(=O)N(c2ccccc2)C1)N(Cc1cccnc1)CC1CCCO1. The Labute approximate surface area is 165 Å². The summed E-state index contributed by atoms with van der Waals surface area (Å²) in [5, 5.41) is 0. The molecule has 2 aromatic rings. The Kier molecular flexibility index (Phi) is 5.67. The summed E-state index contributed by atoms with van der Waals surface area (Å²) < 4.78 is 5.76. The van der Waals surface area contributed by atoms with Crippen LogP contribution in [0.4, 0.5) is 5.69 Å². The van der Waals surface area contributed by atoms with Crippen LogP contribution in [0.2, 0.25) is 0 Å². The van der Waals surface area contributed by atoms with Crippen molar-refractivity contribution in [3.8, 4) is 0 Å². The Balaban J connectivity index is 1.49. The van der Waals surface area contributed by atoms with Gasteiger partial charge in [0.25, 0.3) is 0 Å². The molecule has 4 rings (SSSR count). The standard InChI is InChI=1S/C22H25N3O3/c26-21-12-18(15-25(21)19-7-2-1-3-8-19)22(27)24(16-20-9-5-11-28-20)14-17-6-4-10-23-13-17/h1-4,6-8,10,13,18,20H,5,9,11-12,14-16H2. The van der Waals surface area contributed by atoms with E-state index < -0.39 is 0 Å². The molecule has 2 saturated heterocycles. The van der Waals surface area contributed by atoms with E-state index >= 15 is 0 Å². The van der Waals surface area contributed by atoms with Crippen LogP contribution in [0.25, 0.3) is 0 Å². The maximum atomic E-state index is 13.3. The van der Waals surface area contributed by atoms with Crippen LogP contribution in [0.1, 0.15) is 24.8 Å². The molecule has 0 spiro atoms. The van der Waals surface area contributed by atoms with Crippen molar-refractivity contribution in [1.82, 2.24) is 9.88 Å². The smallest absolute Gasteiger partial charge is 0.228 e. The highest BCUT2D eigenvalue weighted by Crippen LogP contribution is 2.27. The molecule has 0 N–H and O–H groups in total. The number of rotatable bonds is 6. The molecule has 2 unspecified atom stereocenters. The molecule has 28 heavy (non-hydrogen) atoms.